The first-order valence-corrected chi connectivity index (χ1v) is 17.6. The lowest BCUT2D eigenvalue weighted by atomic mass is 9.80. The number of fused-ring (bicyclic) bond motifs is 2. The molecule has 2 aromatic rings. The standard InChI is InChI=1S/C37H50S2/c1-7-9-17-29(24(3)8-2)25(4)26(5)30-18-12-13-19-31(30)27(6)35-33-21-14-15-22-34(33)37(39-35)36-32-20-11-10-16-28(32)23-38-36/h8,23H,7,9-22H2,1-6H3/b24-8-,29-25+,30-26+,31-27+. The van der Waals surface area contributed by atoms with Gasteiger partial charge < -0.3 is 0 Å². The molecule has 2 heteroatoms. The first-order valence-electron chi connectivity index (χ1n) is 15.9. The van der Waals surface area contributed by atoms with E-state index in [9.17, 15) is 0 Å². The molecule has 3 aliphatic carbocycles. The van der Waals surface area contributed by atoms with Gasteiger partial charge in [0.15, 0.2) is 0 Å². The topological polar surface area (TPSA) is 0 Å². The molecule has 0 spiro atoms. The van der Waals surface area contributed by atoms with Crippen molar-refractivity contribution in [3.8, 4) is 9.75 Å². The molecule has 2 heterocycles. The van der Waals surface area contributed by atoms with E-state index in [4.69, 9.17) is 0 Å². The maximum absolute atomic E-state index is 2.49. The van der Waals surface area contributed by atoms with E-state index < -0.39 is 0 Å². The molecule has 0 saturated heterocycles. The van der Waals surface area contributed by atoms with Crippen LogP contribution in [0.1, 0.15) is 139 Å². The summed E-state index contributed by atoms with van der Waals surface area (Å²) in [6, 6.07) is 0. The molecule has 1 fully saturated rings. The zero-order valence-corrected chi connectivity index (χ0v) is 27.2. The van der Waals surface area contributed by atoms with Crippen molar-refractivity contribution in [1.29, 1.82) is 0 Å². The largest absolute Gasteiger partial charge is 0.142 e. The smallest absolute Gasteiger partial charge is 0.0486 e. The second-order valence-corrected chi connectivity index (χ2v) is 14.2. The van der Waals surface area contributed by atoms with Crippen molar-refractivity contribution >= 4 is 28.2 Å². The van der Waals surface area contributed by atoms with Crippen LogP contribution >= 0.6 is 22.7 Å². The average molecular weight is 559 g/mol. The van der Waals surface area contributed by atoms with Gasteiger partial charge in [0.25, 0.3) is 0 Å². The Morgan fingerprint density at radius 2 is 1.41 bits per heavy atom. The van der Waals surface area contributed by atoms with E-state index in [1.807, 2.05) is 11.3 Å². The average Bonchev–Trinajstić information content (AvgIpc) is 3.58. The Balaban J connectivity index is 1.63. The van der Waals surface area contributed by atoms with E-state index in [1.54, 1.807) is 70.3 Å². The Hall–Kier alpha value is -1.64. The molecule has 210 valence electrons. The third-order valence-electron chi connectivity index (χ3n) is 9.95. The van der Waals surface area contributed by atoms with E-state index in [-0.39, 0.29) is 0 Å². The molecule has 0 radical (unpaired) electrons. The molecule has 0 bridgehead atoms. The molecular weight excluding hydrogens is 509 g/mol. The zero-order valence-electron chi connectivity index (χ0n) is 25.6. The molecule has 39 heavy (non-hydrogen) atoms. The van der Waals surface area contributed by atoms with E-state index in [0.717, 1.165) is 0 Å². The number of hydrogen-bond donors (Lipinski definition) is 0. The van der Waals surface area contributed by atoms with Crippen molar-refractivity contribution in [2.75, 3.05) is 0 Å². The lowest BCUT2D eigenvalue weighted by molar-refractivity contribution is 0.673. The van der Waals surface area contributed by atoms with Gasteiger partial charge in [0, 0.05) is 14.6 Å². The fourth-order valence-corrected chi connectivity index (χ4v) is 10.1. The third-order valence-corrected chi connectivity index (χ3v) is 12.6. The highest BCUT2D eigenvalue weighted by Crippen LogP contribution is 2.50. The molecule has 0 nitrogen and oxygen atoms in total. The highest BCUT2D eigenvalue weighted by atomic mass is 32.1. The van der Waals surface area contributed by atoms with Crippen LogP contribution in [0, 0.1) is 0 Å². The van der Waals surface area contributed by atoms with Crippen molar-refractivity contribution in [1.82, 2.24) is 0 Å². The third kappa shape index (κ3) is 5.76. The fourth-order valence-electron chi connectivity index (χ4n) is 7.36. The SMILES string of the molecule is C\C=C(C)/C(CCCC)=C(C)/C(C)=C1\CCCC\C1=C(\C)c1sc(-c2scc3c2CCCC3)c2c1CCCC2. The predicted octanol–water partition coefficient (Wildman–Crippen LogP) is 12.4. The van der Waals surface area contributed by atoms with Crippen LogP contribution in [0.4, 0.5) is 0 Å². The minimum atomic E-state index is 1.20. The van der Waals surface area contributed by atoms with Crippen LogP contribution in [0.2, 0.25) is 0 Å². The molecule has 0 aliphatic heterocycles. The van der Waals surface area contributed by atoms with E-state index >= 15 is 0 Å². The van der Waals surface area contributed by atoms with E-state index in [1.165, 1.54) is 102 Å². The Labute approximate surface area is 247 Å². The lowest BCUT2D eigenvalue weighted by Crippen LogP contribution is -2.07. The summed E-state index contributed by atoms with van der Waals surface area (Å²) in [6.45, 7) is 14.2. The van der Waals surface area contributed by atoms with Gasteiger partial charge in [-0.3, -0.25) is 0 Å². The monoisotopic (exact) mass is 558 g/mol. The summed E-state index contributed by atoms with van der Waals surface area (Å²) in [7, 11) is 0. The zero-order chi connectivity index (χ0) is 27.5. The second kappa shape index (κ2) is 12.9. The summed E-state index contributed by atoms with van der Waals surface area (Å²) in [4.78, 5) is 4.92. The highest BCUT2D eigenvalue weighted by molar-refractivity contribution is 7.22. The molecule has 1 saturated carbocycles. The summed E-state index contributed by atoms with van der Waals surface area (Å²) in [5, 5.41) is 2.49. The van der Waals surface area contributed by atoms with Gasteiger partial charge in [0.2, 0.25) is 0 Å². The van der Waals surface area contributed by atoms with Crippen molar-refractivity contribution < 1.29 is 0 Å². The van der Waals surface area contributed by atoms with Crippen molar-refractivity contribution in [2.24, 2.45) is 0 Å². The molecule has 0 unspecified atom stereocenters. The summed E-state index contributed by atoms with van der Waals surface area (Å²) in [5.41, 5.74) is 17.9. The Morgan fingerprint density at radius 1 is 0.769 bits per heavy atom. The van der Waals surface area contributed by atoms with Gasteiger partial charge in [-0.1, -0.05) is 25.0 Å². The summed E-state index contributed by atoms with van der Waals surface area (Å²) < 4.78 is 0. The van der Waals surface area contributed by atoms with Crippen LogP contribution in [0.5, 0.6) is 0 Å². The molecule has 3 aliphatic rings. The minimum absolute atomic E-state index is 1.20. The fraction of sp³-hybridized carbons (Fsp3) is 0.568. The molecular formula is C37H50S2. The maximum atomic E-state index is 2.49. The summed E-state index contributed by atoms with van der Waals surface area (Å²) >= 11 is 4.21. The van der Waals surface area contributed by atoms with Gasteiger partial charge in [-0.25, -0.2) is 0 Å². The van der Waals surface area contributed by atoms with Crippen LogP contribution in [0.25, 0.3) is 15.3 Å². The normalized spacial score (nSPS) is 21.3. The second-order valence-electron chi connectivity index (χ2n) is 12.3. The van der Waals surface area contributed by atoms with Crippen LogP contribution in [0.3, 0.4) is 0 Å². The lowest BCUT2D eigenvalue weighted by Gasteiger charge is -2.26. The first-order chi connectivity index (χ1) is 19.0. The molecule has 0 amide bonds. The van der Waals surface area contributed by atoms with Crippen molar-refractivity contribution in [3.05, 3.63) is 72.0 Å². The Bertz CT molecular complexity index is 1330. The van der Waals surface area contributed by atoms with Gasteiger partial charge in [0.05, 0.1) is 0 Å². The quantitative estimate of drug-likeness (QED) is 0.296. The van der Waals surface area contributed by atoms with Crippen LogP contribution in [0.15, 0.2) is 44.9 Å². The first kappa shape index (κ1) is 28.9. The van der Waals surface area contributed by atoms with Crippen LogP contribution in [-0.2, 0) is 25.7 Å². The van der Waals surface area contributed by atoms with Gasteiger partial charge in [-0.05, 0) is 186 Å². The molecule has 0 aromatic carbocycles. The molecule has 0 N–H and O–H groups in total. The number of allylic oxidation sites excluding steroid dienone is 8. The summed E-state index contributed by atoms with van der Waals surface area (Å²) in [5.74, 6) is 0. The van der Waals surface area contributed by atoms with Crippen LogP contribution in [-0.4, -0.2) is 0 Å². The van der Waals surface area contributed by atoms with Gasteiger partial charge in [-0.2, -0.15) is 0 Å². The van der Waals surface area contributed by atoms with Gasteiger partial charge in [-0.15, -0.1) is 22.7 Å². The number of hydrogen-bond acceptors (Lipinski definition) is 2. The molecule has 0 atom stereocenters. The number of thiophene rings is 2. The highest BCUT2D eigenvalue weighted by Gasteiger charge is 2.28. The van der Waals surface area contributed by atoms with Gasteiger partial charge in [0.1, 0.15) is 0 Å². The number of aryl methyl sites for hydroxylation is 1. The molecule has 2 aromatic heterocycles. The van der Waals surface area contributed by atoms with Crippen molar-refractivity contribution in [3.63, 3.8) is 0 Å². The number of rotatable bonds is 7. The van der Waals surface area contributed by atoms with E-state index in [2.05, 4.69) is 64.3 Å². The van der Waals surface area contributed by atoms with Crippen LogP contribution < -0.4 is 0 Å². The Kier molecular flexibility index (Phi) is 9.55. The summed E-state index contributed by atoms with van der Waals surface area (Å²) in [6.07, 6.45) is 21.8. The minimum Gasteiger partial charge on any atom is -0.142 e. The van der Waals surface area contributed by atoms with Crippen molar-refractivity contribution in [2.45, 2.75) is 138 Å². The Morgan fingerprint density at radius 3 is 2.13 bits per heavy atom. The maximum Gasteiger partial charge on any atom is 0.0486 e. The van der Waals surface area contributed by atoms with Gasteiger partial charge >= 0.3 is 0 Å². The molecule has 5 rings (SSSR count). The van der Waals surface area contributed by atoms with E-state index in [0.29, 0.717) is 0 Å². The predicted molar refractivity (Wildman–Crippen MR) is 176 cm³/mol. The number of unbranched alkanes of at least 4 members (excludes halogenated alkanes) is 1.